The molecule has 0 bridgehead atoms. The number of rotatable bonds is 30. The molecule has 4 aliphatic carbocycles. The molecule has 0 fully saturated rings. The van der Waals surface area contributed by atoms with Crippen molar-refractivity contribution in [2.75, 3.05) is 0 Å². The molecular formula is C98H122. The normalized spacial score (nSPS) is 15.5. The maximum absolute atomic E-state index is 2.94. The van der Waals surface area contributed by atoms with Gasteiger partial charge in [-0.1, -0.05) is 348 Å². The van der Waals surface area contributed by atoms with Crippen LogP contribution in [0, 0.1) is 0 Å². The summed E-state index contributed by atoms with van der Waals surface area (Å²) in [5.41, 5.74) is 32.5. The first-order valence-electron chi connectivity index (χ1n) is 40.2. The van der Waals surface area contributed by atoms with Crippen LogP contribution >= 0.6 is 0 Å². The summed E-state index contributed by atoms with van der Waals surface area (Å²) in [5, 5.41) is 5.54. The maximum atomic E-state index is 2.94. The lowest BCUT2D eigenvalue weighted by atomic mass is 9.68. The third-order valence-electron chi connectivity index (χ3n) is 25.4. The second-order valence-corrected chi connectivity index (χ2v) is 34.8. The molecule has 0 spiro atoms. The van der Waals surface area contributed by atoms with Gasteiger partial charge in [0.15, 0.2) is 0 Å². The van der Waals surface area contributed by atoms with E-state index in [1.165, 1.54) is 279 Å². The Morgan fingerprint density at radius 3 is 0.776 bits per heavy atom. The lowest BCUT2D eigenvalue weighted by Gasteiger charge is -2.35. The minimum absolute atomic E-state index is 0.0969. The van der Waals surface area contributed by atoms with Crippen molar-refractivity contribution in [1.29, 1.82) is 0 Å². The van der Waals surface area contributed by atoms with E-state index in [9.17, 15) is 0 Å². The van der Waals surface area contributed by atoms with Crippen LogP contribution in [-0.2, 0) is 32.5 Å². The van der Waals surface area contributed by atoms with E-state index in [1.54, 1.807) is 44.5 Å². The molecule has 514 valence electrons. The van der Waals surface area contributed by atoms with E-state index < -0.39 is 0 Å². The Hall–Kier alpha value is -6.50. The Morgan fingerprint density at radius 2 is 0.490 bits per heavy atom. The van der Waals surface area contributed by atoms with Gasteiger partial charge in [-0.3, -0.25) is 0 Å². The van der Waals surface area contributed by atoms with Gasteiger partial charge >= 0.3 is 0 Å². The van der Waals surface area contributed by atoms with E-state index in [1.807, 2.05) is 0 Å². The minimum Gasteiger partial charge on any atom is -0.0654 e. The van der Waals surface area contributed by atoms with Crippen LogP contribution in [0.5, 0.6) is 0 Å². The van der Waals surface area contributed by atoms with Gasteiger partial charge in [0.05, 0.1) is 0 Å². The largest absolute Gasteiger partial charge is 0.0654 e. The first-order valence-corrected chi connectivity index (χ1v) is 40.2. The van der Waals surface area contributed by atoms with Crippen LogP contribution in [0.2, 0.25) is 0 Å². The van der Waals surface area contributed by atoms with Gasteiger partial charge < -0.3 is 0 Å². The van der Waals surface area contributed by atoms with Crippen LogP contribution < -0.4 is 0 Å². The van der Waals surface area contributed by atoms with Crippen molar-refractivity contribution in [3.8, 4) is 66.8 Å². The Labute approximate surface area is 595 Å². The van der Waals surface area contributed by atoms with Crippen LogP contribution in [0.15, 0.2) is 146 Å². The molecule has 0 radical (unpaired) electrons. The first kappa shape index (κ1) is 70.0. The monoisotopic (exact) mass is 1300 g/mol. The number of hydrogen-bond donors (Lipinski definition) is 0. The highest BCUT2D eigenvalue weighted by atomic mass is 14.5. The summed E-state index contributed by atoms with van der Waals surface area (Å²) >= 11 is 0. The molecule has 0 nitrogen and oxygen atoms in total. The average Bonchev–Trinajstić information content (AvgIpc) is 1.52. The summed E-state index contributed by atoms with van der Waals surface area (Å²) < 4.78 is 0. The number of hydrogen-bond acceptors (Lipinski definition) is 0. The van der Waals surface area contributed by atoms with Gasteiger partial charge in [-0.25, -0.2) is 0 Å². The van der Waals surface area contributed by atoms with Crippen molar-refractivity contribution in [3.05, 3.63) is 201 Å². The van der Waals surface area contributed by atoms with Gasteiger partial charge in [0.1, 0.15) is 0 Å². The first-order chi connectivity index (χ1) is 47.2. The summed E-state index contributed by atoms with van der Waals surface area (Å²) in [7, 11) is 0. The molecule has 4 aliphatic rings. The van der Waals surface area contributed by atoms with Crippen LogP contribution in [-0.4, -0.2) is 0 Å². The Kier molecular flexibility index (Phi) is 20.3. The van der Waals surface area contributed by atoms with Crippen molar-refractivity contribution < 1.29 is 0 Å². The van der Waals surface area contributed by atoms with Crippen molar-refractivity contribution in [2.24, 2.45) is 0 Å². The summed E-state index contributed by atoms with van der Waals surface area (Å²) in [6.07, 6.45) is 36.3. The van der Waals surface area contributed by atoms with Gasteiger partial charge in [-0.15, -0.1) is 0 Å². The molecule has 0 heteroatoms. The van der Waals surface area contributed by atoms with Gasteiger partial charge in [-0.05, 0) is 229 Å². The predicted octanol–water partition coefficient (Wildman–Crippen LogP) is 30.1. The predicted molar refractivity (Wildman–Crippen MR) is 429 cm³/mol. The van der Waals surface area contributed by atoms with Gasteiger partial charge in [-0.2, -0.15) is 0 Å². The molecule has 98 heavy (non-hydrogen) atoms. The van der Waals surface area contributed by atoms with E-state index in [-0.39, 0.29) is 32.5 Å². The third-order valence-corrected chi connectivity index (χ3v) is 25.4. The van der Waals surface area contributed by atoms with Crippen LogP contribution in [0.4, 0.5) is 0 Å². The number of unbranched alkanes of at least 4 members (excludes halogenated alkanes) is 20. The van der Waals surface area contributed by atoms with E-state index >= 15 is 0 Å². The topological polar surface area (TPSA) is 0 Å². The molecule has 0 heterocycles. The molecule has 0 aliphatic heterocycles. The highest BCUT2D eigenvalue weighted by molar-refractivity contribution is 6.11. The summed E-state index contributed by atoms with van der Waals surface area (Å²) in [6, 6.07) is 60.6. The van der Waals surface area contributed by atoms with Crippen molar-refractivity contribution >= 4 is 21.5 Å². The molecule has 0 N–H and O–H groups in total. The Bertz CT molecular complexity index is 4010. The Balaban J connectivity index is 1.04. The van der Waals surface area contributed by atoms with Crippen LogP contribution in [0.25, 0.3) is 88.3 Å². The maximum Gasteiger partial charge on any atom is 0.0215 e. The summed E-state index contributed by atoms with van der Waals surface area (Å²) in [4.78, 5) is 0. The van der Waals surface area contributed by atoms with Crippen molar-refractivity contribution in [1.82, 2.24) is 0 Å². The third kappa shape index (κ3) is 12.6. The Morgan fingerprint density at radius 1 is 0.245 bits per heavy atom. The van der Waals surface area contributed by atoms with Crippen molar-refractivity contribution in [3.63, 3.8) is 0 Å². The van der Waals surface area contributed by atoms with Crippen LogP contribution in [0.3, 0.4) is 0 Å². The molecule has 9 aromatic rings. The van der Waals surface area contributed by atoms with Gasteiger partial charge in [0.25, 0.3) is 0 Å². The van der Waals surface area contributed by atoms with Crippen LogP contribution in [0.1, 0.15) is 332 Å². The fraction of sp³-hybridized carbons (Fsp3) is 0.490. The molecule has 0 saturated heterocycles. The minimum atomic E-state index is -0.203. The number of fused-ring (bicyclic) bond motifs is 16. The zero-order valence-electron chi connectivity index (χ0n) is 63.7. The average molecular weight is 1300 g/mol. The van der Waals surface area contributed by atoms with E-state index in [0.29, 0.717) is 0 Å². The smallest absolute Gasteiger partial charge is 0.0215 e. The second kappa shape index (κ2) is 28.5. The lowest BCUT2D eigenvalue weighted by Crippen LogP contribution is -2.27. The molecule has 0 amide bonds. The highest BCUT2D eigenvalue weighted by Crippen LogP contribution is 2.66. The molecule has 0 atom stereocenters. The number of benzene rings is 9. The fourth-order valence-corrected chi connectivity index (χ4v) is 19.6. The molecule has 0 aromatic heterocycles. The van der Waals surface area contributed by atoms with Crippen molar-refractivity contribution in [2.45, 2.75) is 309 Å². The highest BCUT2D eigenvalue weighted by Gasteiger charge is 2.51. The zero-order chi connectivity index (χ0) is 68.8. The fourth-order valence-electron chi connectivity index (χ4n) is 19.6. The summed E-state index contributed by atoms with van der Waals surface area (Å²) in [5.74, 6) is 0. The SMILES string of the molecule is CCCCCCCCC1(CCCCCCCC)c2cc3c(cc2-c2cc4c(cc21)-c1cc2c(cc1C4(CCCCCCCC)CCCCCCCC)-c1c(cc(-c4ccc(C(C)(C)C)cc4)c4ccccc14)C2(C)C)C(C)(C)c1cc(-c2ccc(C(C)(C)C)cc2)c2ccccc2c1-3. The molecule has 9 aromatic carbocycles. The molecule has 0 unspecified atom stereocenters. The van der Waals surface area contributed by atoms with E-state index in [0.717, 1.165) is 0 Å². The molecular weight excluding hydrogens is 1180 g/mol. The van der Waals surface area contributed by atoms with E-state index in [2.05, 4.69) is 243 Å². The zero-order valence-corrected chi connectivity index (χ0v) is 63.7. The summed E-state index contributed by atoms with van der Waals surface area (Å²) in [6.45, 7) is 33.8. The van der Waals surface area contributed by atoms with Gasteiger partial charge in [0.2, 0.25) is 0 Å². The van der Waals surface area contributed by atoms with E-state index in [4.69, 9.17) is 0 Å². The second-order valence-electron chi connectivity index (χ2n) is 34.8. The molecule has 13 rings (SSSR count). The quantitative estimate of drug-likeness (QED) is 0.0394. The molecule has 0 saturated carbocycles. The van der Waals surface area contributed by atoms with Gasteiger partial charge in [0, 0.05) is 21.7 Å². The standard InChI is InChI=1S/C98H122/c1-15-19-23-27-31-39-55-97(56-40-32-28-24-20-16-2)85-63-80-78-62-84-82(92-74-46-38-36-44-72(74)76(60-90(92)96(84,13)14)68-49-53-70(54-50-68)94(8,9)10)66-88(78)98(57-41-33-29-25-21-17-3,58-42-34-30-26-22-18-4)86(80)64-79(85)77-61-83-81(65-87(77)97)91-73-45-37-35-43-71(73)75(59-89(91)95(83,11)12)67-47-51-69(52-48-67)93(5,6)7/h35-38,43-54,59-66H,15-34,39-42,55-58H2,1-14H3. The lowest BCUT2D eigenvalue weighted by molar-refractivity contribution is 0.394.